The van der Waals surface area contributed by atoms with Crippen LogP contribution >= 0.6 is 0 Å². The van der Waals surface area contributed by atoms with Crippen LogP contribution in [0, 0.1) is 5.92 Å². The van der Waals surface area contributed by atoms with Crippen LogP contribution in [-0.2, 0) is 0 Å². The molecule has 2 aliphatic heterocycles. The van der Waals surface area contributed by atoms with Gasteiger partial charge in [-0.1, -0.05) is 0 Å². The highest BCUT2D eigenvalue weighted by molar-refractivity contribution is 4.88. The van der Waals surface area contributed by atoms with Gasteiger partial charge in [-0.15, -0.1) is 0 Å². The van der Waals surface area contributed by atoms with Crippen LogP contribution in [0.25, 0.3) is 0 Å². The van der Waals surface area contributed by atoms with Crippen LogP contribution in [0.4, 0.5) is 0 Å². The molecule has 0 saturated carbocycles. The summed E-state index contributed by atoms with van der Waals surface area (Å²) in [6.07, 6.45) is 3.99. The second kappa shape index (κ2) is 6.55. The lowest BCUT2D eigenvalue weighted by molar-refractivity contribution is 0.0952. The molecule has 0 aromatic rings. The van der Waals surface area contributed by atoms with E-state index in [1.54, 1.807) is 0 Å². The van der Waals surface area contributed by atoms with Gasteiger partial charge in [0.15, 0.2) is 0 Å². The Balaban J connectivity index is 1.67. The van der Waals surface area contributed by atoms with E-state index in [4.69, 9.17) is 0 Å². The fourth-order valence-electron chi connectivity index (χ4n) is 3.70. The van der Waals surface area contributed by atoms with Gasteiger partial charge < -0.3 is 5.32 Å². The molecule has 1 N–H and O–H groups in total. The molecular weight excluding hydrogens is 258 g/mol. The summed E-state index contributed by atoms with van der Waals surface area (Å²) in [6, 6.07) is 0.743. The monoisotopic (exact) mass is 295 g/mol. The first-order valence-electron chi connectivity index (χ1n) is 8.90. The van der Waals surface area contributed by atoms with Crippen molar-refractivity contribution >= 4 is 0 Å². The molecule has 2 aliphatic rings. The van der Waals surface area contributed by atoms with Gasteiger partial charge in [-0.3, -0.25) is 9.80 Å². The van der Waals surface area contributed by atoms with Gasteiger partial charge in [0.05, 0.1) is 0 Å². The summed E-state index contributed by atoms with van der Waals surface area (Å²) in [5.41, 5.74) is 0.677. The van der Waals surface area contributed by atoms with Gasteiger partial charge in [-0.2, -0.15) is 0 Å². The molecule has 0 bridgehead atoms. The van der Waals surface area contributed by atoms with Crippen LogP contribution in [0.1, 0.15) is 60.8 Å². The van der Waals surface area contributed by atoms with Crippen molar-refractivity contribution in [3.05, 3.63) is 0 Å². The fourth-order valence-corrected chi connectivity index (χ4v) is 3.70. The Morgan fingerprint density at radius 3 is 1.81 bits per heavy atom. The molecule has 0 amide bonds. The standard InChI is InChI=1S/C18H37N3/c1-17(2,3)20-11-8-16(9-12-20)19-13-15-7-10-21(14-15)18(4,5)6/h15-16,19H,7-14H2,1-6H3. The Morgan fingerprint density at radius 2 is 1.33 bits per heavy atom. The molecule has 3 nitrogen and oxygen atoms in total. The molecule has 124 valence electrons. The summed E-state index contributed by atoms with van der Waals surface area (Å²) < 4.78 is 0. The second-order valence-electron chi connectivity index (χ2n) is 9.11. The molecule has 2 saturated heterocycles. The number of hydrogen-bond donors (Lipinski definition) is 1. The maximum absolute atomic E-state index is 3.85. The minimum absolute atomic E-state index is 0.337. The number of rotatable bonds is 3. The van der Waals surface area contributed by atoms with Crippen LogP contribution in [0.2, 0.25) is 0 Å². The minimum Gasteiger partial charge on any atom is -0.314 e. The van der Waals surface area contributed by atoms with Crippen molar-refractivity contribution in [2.75, 3.05) is 32.7 Å². The molecule has 1 atom stereocenters. The zero-order valence-electron chi connectivity index (χ0n) is 15.2. The van der Waals surface area contributed by atoms with Crippen LogP contribution in [0.15, 0.2) is 0 Å². The van der Waals surface area contributed by atoms with E-state index < -0.39 is 0 Å². The molecular formula is C18H37N3. The van der Waals surface area contributed by atoms with Crippen molar-refractivity contribution in [3.8, 4) is 0 Å². The van der Waals surface area contributed by atoms with Gasteiger partial charge in [-0.25, -0.2) is 0 Å². The fraction of sp³-hybridized carbons (Fsp3) is 1.00. The summed E-state index contributed by atoms with van der Waals surface area (Å²) >= 11 is 0. The number of nitrogens with one attached hydrogen (secondary N) is 1. The van der Waals surface area contributed by atoms with E-state index in [-0.39, 0.29) is 0 Å². The van der Waals surface area contributed by atoms with Gasteiger partial charge in [-0.05, 0) is 79.8 Å². The maximum Gasteiger partial charge on any atom is 0.0125 e. The average Bonchev–Trinajstić information content (AvgIpc) is 2.84. The van der Waals surface area contributed by atoms with Crippen molar-refractivity contribution < 1.29 is 0 Å². The Hall–Kier alpha value is -0.120. The zero-order chi connectivity index (χ0) is 15.7. The van der Waals surface area contributed by atoms with Gasteiger partial charge in [0.2, 0.25) is 0 Å². The highest BCUT2D eigenvalue weighted by Gasteiger charge is 2.31. The largest absolute Gasteiger partial charge is 0.314 e. The van der Waals surface area contributed by atoms with Crippen molar-refractivity contribution in [2.24, 2.45) is 5.92 Å². The van der Waals surface area contributed by atoms with E-state index in [1.807, 2.05) is 0 Å². The Morgan fingerprint density at radius 1 is 0.810 bits per heavy atom. The van der Waals surface area contributed by atoms with Gasteiger partial charge in [0.25, 0.3) is 0 Å². The predicted octanol–water partition coefficient (Wildman–Crippen LogP) is 2.96. The molecule has 21 heavy (non-hydrogen) atoms. The summed E-state index contributed by atoms with van der Waals surface area (Å²) in [6.45, 7) is 20.3. The van der Waals surface area contributed by atoms with Crippen molar-refractivity contribution in [3.63, 3.8) is 0 Å². The molecule has 1 unspecified atom stereocenters. The highest BCUT2D eigenvalue weighted by Crippen LogP contribution is 2.25. The molecule has 0 spiro atoms. The van der Waals surface area contributed by atoms with E-state index in [9.17, 15) is 0 Å². The number of likely N-dealkylation sites (tertiary alicyclic amines) is 2. The van der Waals surface area contributed by atoms with Crippen LogP contribution in [-0.4, -0.2) is 59.6 Å². The lowest BCUT2D eigenvalue weighted by atomic mass is 9.97. The summed E-state index contributed by atoms with van der Waals surface area (Å²) in [5.74, 6) is 0.852. The first kappa shape index (κ1) is 17.2. The number of hydrogen-bond acceptors (Lipinski definition) is 3. The maximum atomic E-state index is 3.85. The third kappa shape index (κ3) is 4.94. The van der Waals surface area contributed by atoms with Gasteiger partial charge in [0, 0.05) is 36.8 Å². The molecule has 2 fully saturated rings. The first-order valence-corrected chi connectivity index (χ1v) is 8.90. The van der Waals surface area contributed by atoms with Gasteiger partial charge in [0.1, 0.15) is 0 Å². The molecule has 3 heteroatoms. The number of piperidine rings is 1. The van der Waals surface area contributed by atoms with Crippen LogP contribution < -0.4 is 5.32 Å². The van der Waals surface area contributed by atoms with Gasteiger partial charge >= 0.3 is 0 Å². The second-order valence-corrected chi connectivity index (χ2v) is 9.11. The zero-order valence-corrected chi connectivity index (χ0v) is 15.2. The molecule has 0 aromatic heterocycles. The number of nitrogens with zero attached hydrogens (tertiary/aromatic N) is 2. The van der Waals surface area contributed by atoms with E-state index in [0.29, 0.717) is 11.1 Å². The summed E-state index contributed by atoms with van der Waals surface area (Å²) in [4.78, 5) is 5.27. The van der Waals surface area contributed by atoms with E-state index >= 15 is 0 Å². The normalized spacial score (nSPS) is 27.4. The molecule has 0 aliphatic carbocycles. The molecule has 0 radical (unpaired) electrons. The molecule has 2 rings (SSSR count). The summed E-state index contributed by atoms with van der Waals surface area (Å²) in [5, 5.41) is 3.85. The van der Waals surface area contributed by atoms with Crippen LogP contribution in [0.3, 0.4) is 0 Å². The SMILES string of the molecule is CC(C)(C)N1CCC(NCC2CCN(C(C)(C)C)C2)CC1. The lowest BCUT2D eigenvalue weighted by Crippen LogP contribution is -2.50. The molecule has 2 heterocycles. The highest BCUT2D eigenvalue weighted by atomic mass is 15.2. The third-order valence-corrected chi connectivity index (χ3v) is 5.37. The van der Waals surface area contributed by atoms with Crippen LogP contribution in [0.5, 0.6) is 0 Å². The van der Waals surface area contributed by atoms with E-state index in [2.05, 4.69) is 56.7 Å². The van der Waals surface area contributed by atoms with E-state index in [1.165, 1.54) is 52.0 Å². The Bertz CT molecular complexity index is 318. The third-order valence-electron chi connectivity index (χ3n) is 5.37. The first-order chi connectivity index (χ1) is 9.66. The topological polar surface area (TPSA) is 18.5 Å². The summed E-state index contributed by atoms with van der Waals surface area (Å²) in [7, 11) is 0. The van der Waals surface area contributed by atoms with Crippen molar-refractivity contribution in [2.45, 2.75) is 77.9 Å². The minimum atomic E-state index is 0.337. The molecule has 0 aromatic carbocycles. The Labute approximate surface area is 132 Å². The quantitative estimate of drug-likeness (QED) is 0.863. The average molecular weight is 296 g/mol. The van der Waals surface area contributed by atoms with Crippen molar-refractivity contribution in [1.82, 2.24) is 15.1 Å². The predicted molar refractivity (Wildman–Crippen MR) is 91.8 cm³/mol. The van der Waals surface area contributed by atoms with E-state index in [0.717, 1.165) is 12.0 Å². The smallest absolute Gasteiger partial charge is 0.0125 e. The van der Waals surface area contributed by atoms with Crippen molar-refractivity contribution in [1.29, 1.82) is 0 Å². The lowest BCUT2D eigenvalue weighted by Gasteiger charge is -2.41. The Kier molecular flexibility index (Phi) is 5.38.